The Hall–Kier alpha value is -0.470. The molecule has 2 heteroatoms. The fraction of sp³-hybridized carbons (Fsp3) is 0.667. The molecule has 20 heavy (non-hydrogen) atoms. The third kappa shape index (κ3) is 4.02. The van der Waals surface area contributed by atoms with E-state index in [1.54, 1.807) is 0 Å². The molecule has 0 amide bonds. The average molecular weight is 292 g/mol. The van der Waals surface area contributed by atoms with Crippen molar-refractivity contribution >= 4 is 11.8 Å². The van der Waals surface area contributed by atoms with Gasteiger partial charge < -0.3 is 5.32 Å². The van der Waals surface area contributed by atoms with Crippen molar-refractivity contribution in [3.63, 3.8) is 0 Å². The van der Waals surface area contributed by atoms with E-state index in [1.165, 1.54) is 36.8 Å². The minimum absolute atomic E-state index is 0.453. The van der Waals surface area contributed by atoms with Gasteiger partial charge in [0.1, 0.15) is 0 Å². The highest BCUT2D eigenvalue weighted by Crippen LogP contribution is 2.29. The third-order valence-electron chi connectivity index (χ3n) is 4.57. The first-order valence-corrected chi connectivity index (χ1v) is 9.29. The number of nitrogens with one attached hydrogen (secondary N) is 1. The number of benzene rings is 1. The van der Waals surface area contributed by atoms with Gasteiger partial charge in [-0.1, -0.05) is 51.0 Å². The molecule has 1 aromatic rings. The molecule has 1 nitrogen and oxygen atoms in total. The largest absolute Gasteiger partial charge is 0.306 e. The van der Waals surface area contributed by atoms with E-state index in [2.05, 4.69) is 56.6 Å². The normalized spacial score (nSPS) is 24.9. The summed E-state index contributed by atoms with van der Waals surface area (Å²) >= 11 is 2.03. The van der Waals surface area contributed by atoms with Gasteiger partial charge in [0.15, 0.2) is 0 Å². The Morgan fingerprint density at radius 2 is 1.60 bits per heavy atom. The summed E-state index contributed by atoms with van der Waals surface area (Å²) in [6, 6.07) is 10.3. The number of hydrogen-bond donors (Lipinski definition) is 1. The van der Waals surface area contributed by atoms with Gasteiger partial charge in [-0.15, -0.1) is 0 Å². The highest BCUT2D eigenvalue weighted by atomic mass is 32.2. The standard InChI is InChI=1S/C18H29NS/c1-13(2)15-9-11-16(12-10-15)14(3)19-17-7-5-6-8-18(17)20-4/h9-14,17-19H,5-8H2,1-4H3. The van der Waals surface area contributed by atoms with E-state index in [1.807, 2.05) is 11.8 Å². The SMILES string of the molecule is CSC1CCCCC1NC(C)c1ccc(C(C)C)cc1. The molecule has 1 fully saturated rings. The van der Waals surface area contributed by atoms with Gasteiger partial charge >= 0.3 is 0 Å². The predicted octanol–water partition coefficient (Wildman–Crippen LogP) is 5.13. The van der Waals surface area contributed by atoms with E-state index in [9.17, 15) is 0 Å². The molecule has 3 unspecified atom stereocenters. The lowest BCUT2D eigenvalue weighted by Crippen LogP contribution is -2.41. The minimum Gasteiger partial charge on any atom is -0.306 e. The highest BCUT2D eigenvalue weighted by Gasteiger charge is 2.25. The quantitative estimate of drug-likeness (QED) is 0.806. The second-order valence-corrected chi connectivity index (χ2v) is 7.45. The van der Waals surface area contributed by atoms with Crippen LogP contribution in [0.2, 0.25) is 0 Å². The summed E-state index contributed by atoms with van der Waals surface area (Å²) < 4.78 is 0. The summed E-state index contributed by atoms with van der Waals surface area (Å²) in [7, 11) is 0. The highest BCUT2D eigenvalue weighted by molar-refractivity contribution is 7.99. The van der Waals surface area contributed by atoms with Crippen molar-refractivity contribution in [1.29, 1.82) is 0 Å². The summed E-state index contributed by atoms with van der Waals surface area (Å²) in [6.45, 7) is 6.81. The fourth-order valence-corrected chi connectivity index (χ4v) is 4.10. The van der Waals surface area contributed by atoms with Crippen LogP contribution in [0.5, 0.6) is 0 Å². The maximum Gasteiger partial charge on any atom is 0.0294 e. The Bertz CT molecular complexity index is 398. The average Bonchev–Trinajstić information content (AvgIpc) is 2.48. The van der Waals surface area contributed by atoms with Crippen molar-refractivity contribution in [3.05, 3.63) is 35.4 Å². The molecule has 0 aromatic heterocycles. The van der Waals surface area contributed by atoms with Crippen LogP contribution in [0.1, 0.15) is 69.5 Å². The molecule has 112 valence electrons. The minimum atomic E-state index is 0.453. The van der Waals surface area contributed by atoms with Crippen molar-refractivity contribution in [2.45, 2.75) is 69.7 Å². The zero-order chi connectivity index (χ0) is 14.5. The summed E-state index contributed by atoms with van der Waals surface area (Å²) in [5.74, 6) is 0.617. The Morgan fingerprint density at radius 3 is 2.20 bits per heavy atom. The molecule has 1 N–H and O–H groups in total. The Labute approximate surface area is 128 Å². The van der Waals surface area contributed by atoms with Crippen LogP contribution in [0.15, 0.2) is 24.3 Å². The molecule has 0 heterocycles. The fourth-order valence-electron chi connectivity index (χ4n) is 3.16. The van der Waals surface area contributed by atoms with Crippen molar-refractivity contribution in [1.82, 2.24) is 5.32 Å². The van der Waals surface area contributed by atoms with Gasteiger partial charge in [-0.3, -0.25) is 0 Å². The summed E-state index contributed by atoms with van der Waals surface area (Å²) in [4.78, 5) is 0. The molecule has 1 aliphatic rings. The molecule has 2 rings (SSSR count). The smallest absolute Gasteiger partial charge is 0.0294 e. The molecular weight excluding hydrogens is 262 g/mol. The van der Waals surface area contributed by atoms with Crippen LogP contribution in [0, 0.1) is 0 Å². The van der Waals surface area contributed by atoms with Crippen LogP contribution in [0.3, 0.4) is 0 Å². The van der Waals surface area contributed by atoms with Crippen LogP contribution in [-0.2, 0) is 0 Å². The lowest BCUT2D eigenvalue weighted by atomic mass is 9.93. The molecule has 1 saturated carbocycles. The van der Waals surface area contributed by atoms with Crippen LogP contribution >= 0.6 is 11.8 Å². The summed E-state index contributed by atoms with van der Waals surface area (Å²) in [6.07, 6.45) is 7.75. The maximum atomic E-state index is 3.86. The van der Waals surface area contributed by atoms with Gasteiger partial charge in [-0.25, -0.2) is 0 Å². The van der Waals surface area contributed by atoms with Crippen molar-refractivity contribution in [3.8, 4) is 0 Å². The molecule has 1 aromatic carbocycles. The summed E-state index contributed by atoms with van der Waals surface area (Å²) in [5, 5.41) is 4.66. The van der Waals surface area contributed by atoms with Gasteiger partial charge in [0.25, 0.3) is 0 Å². The van der Waals surface area contributed by atoms with Gasteiger partial charge in [0.2, 0.25) is 0 Å². The Balaban J connectivity index is 1.98. The van der Waals surface area contributed by atoms with Crippen LogP contribution in [-0.4, -0.2) is 17.5 Å². The first kappa shape index (κ1) is 15.9. The summed E-state index contributed by atoms with van der Waals surface area (Å²) in [5.41, 5.74) is 2.85. The van der Waals surface area contributed by atoms with E-state index in [0.717, 1.165) is 5.25 Å². The first-order valence-electron chi connectivity index (χ1n) is 8.00. The van der Waals surface area contributed by atoms with E-state index in [0.29, 0.717) is 18.0 Å². The van der Waals surface area contributed by atoms with Crippen LogP contribution in [0.4, 0.5) is 0 Å². The predicted molar refractivity (Wildman–Crippen MR) is 91.6 cm³/mol. The monoisotopic (exact) mass is 291 g/mol. The first-order chi connectivity index (χ1) is 9.61. The van der Waals surface area contributed by atoms with Crippen molar-refractivity contribution in [2.75, 3.05) is 6.26 Å². The van der Waals surface area contributed by atoms with Crippen molar-refractivity contribution < 1.29 is 0 Å². The zero-order valence-electron chi connectivity index (χ0n) is 13.4. The van der Waals surface area contributed by atoms with E-state index >= 15 is 0 Å². The molecule has 3 atom stereocenters. The van der Waals surface area contributed by atoms with Crippen LogP contribution < -0.4 is 5.32 Å². The Morgan fingerprint density at radius 1 is 1.00 bits per heavy atom. The van der Waals surface area contributed by atoms with E-state index < -0.39 is 0 Å². The second-order valence-electron chi connectivity index (χ2n) is 6.37. The lowest BCUT2D eigenvalue weighted by Gasteiger charge is -2.33. The third-order valence-corrected chi connectivity index (χ3v) is 5.74. The number of thioether (sulfide) groups is 1. The molecular formula is C18H29NS. The molecule has 0 bridgehead atoms. The van der Waals surface area contributed by atoms with Crippen LogP contribution in [0.25, 0.3) is 0 Å². The number of rotatable bonds is 5. The molecule has 1 aliphatic carbocycles. The molecule has 0 saturated heterocycles. The zero-order valence-corrected chi connectivity index (χ0v) is 14.2. The molecule has 0 spiro atoms. The van der Waals surface area contributed by atoms with E-state index in [4.69, 9.17) is 0 Å². The van der Waals surface area contributed by atoms with Crippen molar-refractivity contribution in [2.24, 2.45) is 0 Å². The second kappa shape index (κ2) is 7.51. The maximum absolute atomic E-state index is 3.86. The van der Waals surface area contributed by atoms with Gasteiger partial charge in [-0.2, -0.15) is 11.8 Å². The van der Waals surface area contributed by atoms with Gasteiger partial charge in [0.05, 0.1) is 0 Å². The number of hydrogen-bond acceptors (Lipinski definition) is 2. The Kier molecular flexibility index (Phi) is 5.98. The topological polar surface area (TPSA) is 12.0 Å². The van der Waals surface area contributed by atoms with Gasteiger partial charge in [0, 0.05) is 17.3 Å². The van der Waals surface area contributed by atoms with E-state index in [-0.39, 0.29) is 0 Å². The molecule has 0 aliphatic heterocycles. The molecule has 0 radical (unpaired) electrons. The lowest BCUT2D eigenvalue weighted by molar-refractivity contribution is 0.356. The van der Waals surface area contributed by atoms with Gasteiger partial charge in [-0.05, 0) is 43.1 Å².